The van der Waals surface area contributed by atoms with Crippen LogP contribution in [0.4, 0.5) is 8.78 Å². The van der Waals surface area contributed by atoms with Gasteiger partial charge in [-0.1, -0.05) is 37.3 Å². The maximum absolute atomic E-state index is 14.1. The van der Waals surface area contributed by atoms with Gasteiger partial charge in [0.15, 0.2) is 5.54 Å². The van der Waals surface area contributed by atoms with Crippen LogP contribution in [-0.4, -0.2) is 52.7 Å². The summed E-state index contributed by atoms with van der Waals surface area (Å²) in [6, 6.07) is 17.9. The summed E-state index contributed by atoms with van der Waals surface area (Å²) in [6.45, 7) is 5.45. The number of piperidine rings is 1. The Labute approximate surface area is 216 Å². The molecule has 2 aliphatic rings. The largest absolute Gasteiger partial charge is 0.303 e. The van der Waals surface area contributed by atoms with E-state index in [1.165, 1.54) is 30.0 Å². The van der Waals surface area contributed by atoms with Crippen molar-refractivity contribution >= 4 is 11.7 Å². The van der Waals surface area contributed by atoms with E-state index in [-0.39, 0.29) is 17.5 Å². The number of carbonyl (C=O) groups is 1. The molecule has 37 heavy (non-hydrogen) atoms. The average Bonchev–Trinajstić information content (AvgIpc) is 3.22. The minimum absolute atomic E-state index is 0.170. The van der Waals surface area contributed by atoms with E-state index in [9.17, 15) is 13.6 Å². The number of hydrogen-bond donors (Lipinski definition) is 0. The van der Waals surface area contributed by atoms with E-state index in [2.05, 4.69) is 16.0 Å². The number of aliphatic imine (C=N–C) groups is 1. The van der Waals surface area contributed by atoms with Crippen LogP contribution in [0.5, 0.6) is 0 Å². The number of aromatic nitrogens is 1. The second kappa shape index (κ2) is 10.9. The Hall–Kier alpha value is -3.45. The van der Waals surface area contributed by atoms with E-state index in [0.717, 1.165) is 38.9 Å². The number of benzene rings is 2. The molecule has 2 aromatic carbocycles. The van der Waals surface area contributed by atoms with Crippen molar-refractivity contribution in [2.75, 3.05) is 26.2 Å². The zero-order chi connectivity index (χ0) is 25.8. The lowest BCUT2D eigenvalue weighted by atomic mass is 9.82. The van der Waals surface area contributed by atoms with Crippen molar-refractivity contribution in [3.8, 4) is 0 Å². The summed E-state index contributed by atoms with van der Waals surface area (Å²) in [6.07, 6.45) is 5.44. The molecule has 0 atom stereocenters. The fourth-order valence-electron chi connectivity index (χ4n) is 5.56. The van der Waals surface area contributed by atoms with Crippen molar-refractivity contribution in [2.24, 2.45) is 4.99 Å². The molecule has 7 heteroatoms. The van der Waals surface area contributed by atoms with Crippen LogP contribution in [0, 0.1) is 11.6 Å². The van der Waals surface area contributed by atoms with Crippen molar-refractivity contribution < 1.29 is 13.6 Å². The Bertz CT molecular complexity index is 1190. The van der Waals surface area contributed by atoms with Crippen LogP contribution in [0.25, 0.3) is 0 Å². The van der Waals surface area contributed by atoms with Crippen LogP contribution in [0.15, 0.2) is 77.9 Å². The van der Waals surface area contributed by atoms with Gasteiger partial charge in [0, 0.05) is 30.8 Å². The standard InChI is InChI=1S/C30H32F2N4O/c1-2-28-34-30(23-7-11-25(31)12-8-23,24-9-13-26(32)14-10-24)29(37)36(28)19-5-18-35-20-15-22(16-21-35)27-6-3-4-17-33-27/h3-4,6-14,17,22H,2,5,15-16,18-21H2,1H3. The second-order valence-electron chi connectivity index (χ2n) is 9.79. The number of halogens is 2. The normalized spacial score (nSPS) is 18.3. The molecule has 0 saturated carbocycles. The van der Waals surface area contributed by atoms with Crippen molar-refractivity contribution in [3.05, 3.63) is 101 Å². The van der Waals surface area contributed by atoms with E-state index in [0.29, 0.717) is 35.8 Å². The maximum Gasteiger partial charge on any atom is 0.265 e. The van der Waals surface area contributed by atoms with E-state index in [1.54, 1.807) is 29.2 Å². The molecule has 0 N–H and O–H groups in total. The van der Waals surface area contributed by atoms with Crippen molar-refractivity contribution in [1.82, 2.24) is 14.8 Å². The van der Waals surface area contributed by atoms with E-state index in [1.807, 2.05) is 25.3 Å². The van der Waals surface area contributed by atoms with Gasteiger partial charge in [-0.3, -0.25) is 14.7 Å². The summed E-state index contributed by atoms with van der Waals surface area (Å²) in [5, 5.41) is 0. The second-order valence-corrected chi connectivity index (χ2v) is 9.79. The summed E-state index contributed by atoms with van der Waals surface area (Å²) in [5.41, 5.74) is 0.992. The van der Waals surface area contributed by atoms with Crippen molar-refractivity contribution in [3.63, 3.8) is 0 Å². The first-order chi connectivity index (χ1) is 18.0. The molecule has 0 aliphatic carbocycles. The third-order valence-electron chi connectivity index (χ3n) is 7.55. The lowest BCUT2D eigenvalue weighted by Crippen LogP contribution is -2.43. The summed E-state index contributed by atoms with van der Waals surface area (Å²) >= 11 is 0. The molecule has 1 saturated heterocycles. The minimum Gasteiger partial charge on any atom is -0.303 e. The van der Waals surface area contributed by atoms with Crippen LogP contribution in [0.2, 0.25) is 0 Å². The number of hydrogen-bond acceptors (Lipinski definition) is 4. The lowest BCUT2D eigenvalue weighted by Gasteiger charge is -2.32. The Morgan fingerprint density at radius 3 is 2.05 bits per heavy atom. The first-order valence-electron chi connectivity index (χ1n) is 13.1. The summed E-state index contributed by atoms with van der Waals surface area (Å²) < 4.78 is 27.5. The molecule has 0 radical (unpaired) electrons. The van der Waals surface area contributed by atoms with Crippen LogP contribution in [0.3, 0.4) is 0 Å². The number of rotatable bonds is 8. The van der Waals surface area contributed by atoms with Gasteiger partial charge < -0.3 is 4.90 Å². The number of pyridine rings is 1. The van der Waals surface area contributed by atoms with Gasteiger partial charge in [0.25, 0.3) is 5.91 Å². The van der Waals surface area contributed by atoms with Crippen LogP contribution < -0.4 is 0 Å². The molecule has 0 unspecified atom stereocenters. The number of amides is 1. The predicted octanol–water partition coefficient (Wildman–Crippen LogP) is 5.52. The molecule has 3 aromatic rings. The van der Waals surface area contributed by atoms with Gasteiger partial charge in [0.2, 0.25) is 0 Å². The van der Waals surface area contributed by atoms with Gasteiger partial charge in [-0.25, -0.2) is 13.8 Å². The minimum atomic E-state index is -1.34. The Kier molecular flexibility index (Phi) is 7.42. The van der Waals surface area contributed by atoms with Crippen LogP contribution in [0.1, 0.15) is 55.3 Å². The van der Waals surface area contributed by atoms with E-state index >= 15 is 0 Å². The maximum atomic E-state index is 14.1. The Balaban J connectivity index is 1.29. The Morgan fingerprint density at radius 1 is 0.892 bits per heavy atom. The van der Waals surface area contributed by atoms with Crippen LogP contribution >= 0.6 is 0 Å². The SMILES string of the molecule is CCC1=NC(c2ccc(F)cc2)(c2ccc(F)cc2)C(=O)N1CCCN1CCC(c2ccccn2)CC1. The number of carbonyl (C=O) groups excluding carboxylic acids is 1. The lowest BCUT2D eigenvalue weighted by molar-refractivity contribution is -0.130. The van der Waals surface area contributed by atoms with Gasteiger partial charge in [0.05, 0.1) is 0 Å². The predicted molar refractivity (Wildman–Crippen MR) is 140 cm³/mol. The molecule has 3 heterocycles. The molecule has 5 rings (SSSR count). The number of amidine groups is 1. The fourth-order valence-corrected chi connectivity index (χ4v) is 5.56. The highest BCUT2D eigenvalue weighted by molar-refractivity contribution is 6.10. The van der Waals surface area contributed by atoms with E-state index in [4.69, 9.17) is 4.99 Å². The molecule has 1 aromatic heterocycles. The molecule has 0 bridgehead atoms. The summed E-state index contributed by atoms with van der Waals surface area (Å²) in [4.78, 5) is 27.7. The van der Waals surface area contributed by atoms with Gasteiger partial charge >= 0.3 is 0 Å². The highest BCUT2D eigenvalue weighted by Crippen LogP contribution is 2.41. The fraction of sp³-hybridized carbons (Fsp3) is 0.367. The molecular weight excluding hydrogens is 470 g/mol. The summed E-state index contributed by atoms with van der Waals surface area (Å²) in [7, 11) is 0. The highest BCUT2D eigenvalue weighted by Gasteiger charge is 2.50. The van der Waals surface area contributed by atoms with E-state index < -0.39 is 5.54 Å². The third-order valence-corrected chi connectivity index (χ3v) is 7.55. The van der Waals surface area contributed by atoms with Gasteiger partial charge in [-0.05, 0) is 86.4 Å². The van der Waals surface area contributed by atoms with Crippen LogP contribution in [-0.2, 0) is 10.3 Å². The molecule has 1 amide bonds. The topological polar surface area (TPSA) is 48.8 Å². The molecular formula is C30H32F2N4O. The van der Waals surface area contributed by atoms with Gasteiger partial charge in [-0.2, -0.15) is 0 Å². The third kappa shape index (κ3) is 5.05. The van der Waals surface area contributed by atoms with Crippen molar-refractivity contribution in [2.45, 2.75) is 44.1 Å². The smallest absolute Gasteiger partial charge is 0.265 e. The summed E-state index contributed by atoms with van der Waals surface area (Å²) in [5.74, 6) is 0.269. The molecule has 2 aliphatic heterocycles. The number of nitrogens with zero attached hydrogens (tertiary/aromatic N) is 4. The molecule has 192 valence electrons. The monoisotopic (exact) mass is 502 g/mol. The zero-order valence-corrected chi connectivity index (χ0v) is 21.1. The van der Waals surface area contributed by atoms with Gasteiger partial charge in [0.1, 0.15) is 17.5 Å². The molecule has 5 nitrogen and oxygen atoms in total. The quantitative estimate of drug-likeness (QED) is 0.407. The zero-order valence-electron chi connectivity index (χ0n) is 21.1. The first-order valence-corrected chi connectivity index (χ1v) is 13.1. The molecule has 0 spiro atoms. The molecule has 1 fully saturated rings. The first kappa shape index (κ1) is 25.2. The van der Waals surface area contributed by atoms with Crippen molar-refractivity contribution in [1.29, 1.82) is 0 Å². The highest BCUT2D eigenvalue weighted by atomic mass is 19.1. The number of likely N-dealkylation sites (tertiary alicyclic amines) is 1. The van der Waals surface area contributed by atoms with Gasteiger partial charge in [-0.15, -0.1) is 0 Å². The Morgan fingerprint density at radius 2 is 1.51 bits per heavy atom. The average molecular weight is 503 g/mol.